The third-order valence-electron chi connectivity index (χ3n) is 4.51. The van der Waals surface area contributed by atoms with Crippen LogP contribution in [-0.2, 0) is 4.79 Å². The lowest BCUT2D eigenvalue weighted by Crippen LogP contribution is -2.49. The molecule has 1 N–H and O–H groups in total. The Labute approximate surface area is 120 Å². The molecule has 108 valence electrons. The van der Waals surface area contributed by atoms with E-state index < -0.39 is 0 Å². The van der Waals surface area contributed by atoms with E-state index in [4.69, 9.17) is 0 Å². The number of carbonyl (C=O) groups excluding carboxylic acids is 1. The Bertz CT molecular complexity index is 482. The molecule has 0 bridgehead atoms. The van der Waals surface area contributed by atoms with Gasteiger partial charge in [0.1, 0.15) is 0 Å². The summed E-state index contributed by atoms with van der Waals surface area (Å²) in [7, 11) is 1.89. The number of likely N-dealkylation sites (N-methyl/N-ethyl adjacent to an activating group) is 1. The van der Waals surface area contributed by atoms with Crippen LogP contribution in [0.25, 0.3) is 0 Å². The molecule has 2 aliphatic rings. The van der Waals surface area contributed by atoms with Crippen molar-refractivity contribution in [3.05, 3.63) is 29.8 Å². The molecule has 2 fully saturated rings. The molecule has 1 aromatic carbocycles. The molecule has 3 rings (SSSR count). The van der Waals surface area contributed by atoms with Gasteiger partial charge in [0, 0.05) is 25.8 Å². The molecule has 2 aliphatic heterocycles. The summed E-state index contributed by atoms with van der Waals surface area (Å²) in [6.07, 6.45) is 2.39. The zero-order valence-corrected chi connectivity index (χ0v) is 12.1. The predicted molar refractivity (Wildman–Crippen MR) is 81.1 cm³/mol. The smallest absolute Gasteiger partial charge is 0.241 e. The summed E-state index contributed by atoms with van der Waals surface area (Å²) in [6, 6.07) is 8.63. The van der Waals surface area contributed by atoms with E-state index in [9.17, 15) is 4.79 Å². The second-order valence-electron chi connectivity index (χ2n) is 5.82. The number of amides is 1. The maximum absolute atomic E-state index is 11.9. The van der Waals surface area contributed by atoms with Crippen LogP contribution in [0, 0.1) is 0 Å². The van der Waals surface area contributed by atoms with Crippen LogP contribution >= 0.6 is 0 Å². The van der Waals surface area contributed by atoms with Crippen LogP contribution < -0.4 is 10.2 Å². The first-order valence-electron chi connectivity index (χ1n) is 7.54. The van der Waals surface area contributed by atoms with E-state index in [1.165, 1.54) is 24.1 Å². The molecule has 4 heteroatoms. The molecule has 20 heavy (non-hydrogen) atoms. The lowest BCUT2D eigenvalue weighted by molar-refractivity contribution is -0.129. The highest BCUT2D eigenvalue weighted by atomic mass is 16.2. The van der Waals surface area contributed by atoms with Gasteiger partial charge in [0.2, 0.25) is 5.91 Å². The predicted octanol–water partition coefficient (Wildman–Crippen LogP) is 1.43. The largest absolute Gasteiger partial charge is 0.360 e. The molecule has 0 aliphatic carbocycles. The fraction of sp³-hybridized carbons (Fsp3) is 0.562. The number of carbonyl (C=O) groups is 1. The van der Waals surface area contributed by atoms with Crippen molar-refractivity contribution in [1.29, 1.82) is 0 Å². The van der Waals surface area contributed by atoms with Crippen molar-refractivity contribution in [1.82, 2.24) is 10.2 Å². The van der Waals surface area contributed by atoms with Crippen LogP contribution in [-0.4, -0.2) is 50.6 Å². The van der Waals surface area contributed by atoms with Crippen molar-refractivity contribution < 1.29 is 4.79 Å². The van der Waals surface area contributed by atoms with E-state index in [2.05, 4.69) is 34.5 Å². The van der Waals surface area contributed by atoms with E-state index >= 15 is 0 Å². The second-order valence-corrected chi connectivity index (χ2v) is 5.82. The number of piperidine rings is 1. The minimum Gasteiger partial charge on any atom is -0.360 e. The summed E-state index contributed by atoms with van der Waals surface area (Å²) in [5.74, 6) is 0.846. The molecular weight excluding hydrogens is 250 g/mol. The minimum atomic E-state index is 0.219. The van der Waals surface area contributed by atoms with E-state index in [0.717, 1.165) is 26.2 Å². The van der Waals surface area contributed by atoms with Gasteiger partial charge in [-0.05, 0) is 43.5 Å². The molecule has 0 unspecified atom stereocenters. The van der Waals surface area contributed by atoms with Gasteiger partial charge in [-0.25, -0.2) is 0 Å². The van der Waals surface area contributed by atoms with Gasteiger partial charge >= 0.3 is 0 Å². The molecular formula is C16H23N3O. The molecule has 0 radical (unpaired) electrons. The van der Waals surface area contributed by atoms with Gasteiger partial charge in [-0.3, -0.25) is 4.79 Å². The zero-order valence-electron chi connectivity index (χ0n) is 12.1. The van der Waals surface area contributed by atoms with Gasteiger partial charge in [0.05, 0.1) is 6.54 Å². The highest BCUT2D eigenvalue weighted by molar-refractivity contribution is 5.83. The number of para-hydroxylation sites is 1. The van der Waals surface area contributed by atoms with Crippen LogP contribution in [0.1, 0.15) is 24.3 Å². The normalized spacial score (nSPS) is 21.4. The number of nitrogens with one attached hydrogen (secondary N) is 1. The van der Waals surface area contributed by atoms with E-state index in [1.54, 1.807) is 0 Å². The zero-order chi connectivity index (χ0) is 13.9. The van der Waals surface area contributed by atoms with Crippen molar-refractivity contribution in [2.75, 3.05) is 44.7 Å². The van der Waals surface area contributed by atoms with Crippen LogP contribution in [0.3, 0.4) is 0 Å². The third kappa shape index (κ3) is 2.66. The Morgan fingerprint density at radius 2 is 1.90 bits per heavy atom. The highest BCUT2D eigenvalue weighted by Crippen LogP contribution is 2.33. The molecule has 2 saturated heterocycles. The van der Waals surface area contributed by atoms with Gasteiger partial charge < -0.3 is 15.1 Å². The maximum Gasteiger partial charge on any atom is 0.241 e. The monoisotopic (exact) mass is 273 g/mol. The van der Waals surface area contributed by atoms with Crippen molar-refractivity contribution >= 4 is 11.6 Å². The van der Waals surface area contributed by atoms with E-state index in [-0.39, 0.29) is 5.91 Å². The molecule has 1 aromatic rings. The third-order valence-corrected chi connectivity index (χ3v) is 4.51. The van der Waals surface area contributed by atoms with Gasteiger partial charge in [-0.1, -0.05) is 18.2 Å². The van der Waals surface area contributed by atoms with Crippen LogP contribution in [0.2, 0.25) is 0 Å². The Balaban J connectivity index is 1.84. The minimum absolute atomic E-state index is 0.219. The first-order valence-corrected chi connectivity index (χ1v) is 7.54. The molecule has 0 saturated carbocycles. The number of rotatable bonds is 2. The van der Waals surface area contributed by atoms with Crippen molar-refractivity contribution in [3.63, 3.8) is 0 Å². The average Bonchev–Trinajstić information content (AvgIpc) is 2.51. The van der Waals surface area contributed by atoms with Gasteiger partial charge in [0.25, 0.3) is 0 Å². The van der Waals surface area contributed by atoms with Crippen LogP contribution in [0.5, 0.6) is 0 Å². The average molecular weight is 273 g/mol. The number of benzene rings is 1. The van der Waals surface area contributed by atoms with Gasteiger partial charge in [-0.2, -0.15) is 0 Å². The fourth-order valence-electron chi connectivity index (χ4n) is 3.22. The Morgan fingerprint density at radius 3 is 2.65 bits per heavy atom. The lowest BCUT2D eigenvalue weighted by atomic mass is 9.88. The van der Waals surface area contributed by atoms with Crippen molar-refractivity contribution in [2.45, 2.75) is 18.8 Å². The van der Waals surface area contributed by atoms with Crippen molar-refractivity contribution in [3.8, 4) is 0 Å². The Hall–Kier alpha value is -1.55. The highest BCUT2D eigenvalue weighted by Gasteiger charge is 2.25. The summed E-state index contributed by atoms with van der Waals surface area (Å²) in [6.45, 7) is 4.46. The molecule has 0 spiro atoms. The standard InChI is InChI=1S/C16H23N3O/c1-18-10-11-19(12-16(18)20)15-5-3-2-4-14(15)13-6-8-17-9-7-13/h2-5,13,17H,6-12H2,1H3. The Morgan fingerprint density at radius 1 is 1.15 bits per heavy atom. The molecule has 0 aromatic heterocycles. The second kappa shape index (κ2) is 5.83. The van der Waals surface area contributed by atoms with E-state index in [1.807, 2.05) is 11.9 Å². The number of piperazine rings is 1. The first-order chi connectivity index (χ1) is 9.75. The Kier molecular flexibility index (Phi) is 3.92. The van der Waals surface area contributed by atoms with Gasteiger partial charge in [0.15, 0.2) is 0 Å². The van der Waals surface area contributed by atoms with Crippen LogP contribution in [0.15, 0.2) is 24.3 Å². The van der Waals surface area contributed by atoms with E-state index in [0.29, 0.717) is 12.5 Å². The quantitative estimate of drug-likeness (QED) is 0.885. The van der Waals surface area contributed by atoms with Crippen molar-refractivity contribution in [2.24, 2.45) is 0 Å². The molecule has 0 atom stereocenters. The summed E-state index contributed by atoms with van der Waals surface area (Å²) in [5, 5.41) is 3.42. The lowest BCUT2D eigenvalue weighted by Gasteiger charge is -2.36. The molecule has 2 heterocycles. The molecule has 4 nitrogen and oxygen atoms in total. The summed E-state index contributed by atoms with van der Waals surface area (Å²) < 4.78 is 0. The topological polar surface area (TPSA) is 35.6 Å². The SMILES string of the molecule is CN1CCN(c2ccccc2C2CCNCC2)CC1=O. The number of anilines is 1. The first kappa shape index (κ1) is 13.4. The maximum atomic E-state index is 11.9. The number of nitrogens with zero attached hydrogens (tertiary/aromatic N) is 2. The summed E-state index contributed by atoms with van der Waals surface area (Å²) in [4.78, 5) is 16.0. The number of hydrogen-bond acceptors (Lipinski definition) is 3. The fourth-order valence-corrected chi connectivity index (χ4v) is 3.22. The summed E-state index contributed by atoms with van der Waals surface area (Å²) in [5.41, 5.74) is 2.69. The molecule has 1 amide bonds. The summed E-state index contributed by atoms with van der Waals surface area (Å²) >= 11 is 0. The van der Waals surface area contributed by atoms with Gasteiger partial charge in [-0.15, -0.1) is 0 Å². The van der Waals surface area contributed by atoms with Crippen LogP contribution in [0.4, 0.5) is 5.69 Å². The number of hydrogen-bond donors (Lipinski definition) is 1.